The zero-order chi connectivity index (χ0) is 23.2. The van der Waals surface area contributed by atoms with Gasteiger partial charge in [-0.3, -0.25) is 9.59 Å². The van der Waals surface area contributed by atoms with Gasteiger partial charge in [0.25, 0.3) is 5.91 Å². The van der Waals surface area contributed by atoms with Crippen LogP contribution < -0.4 is 21.1 Å². The molecule has 0 saturated heterocycles. The largest absolute Gasteiger partial charge is 0.497 e. The number of carbonyl (C=O) groups excluding carboxylic acids is 2. The van der Waals surface area contributed by atoms with Crippen molar-refractivity contribution in [1.29, 1.82) is 0 Å². The minimum atomic E-state index is -0.537. The maximum atomic E-state index is 12.5. The Morgan fingerprint density at radius 1 is 0.970 bits per heavy atom. The monoisotopic (exact) mass is 441 g/mol. The SMILES string of the molecule is COc1cccc(NC(=O)Cc2cccc(CNc3ncnc4c(C(N)=O)cccc34)c2)c1. The van der Waals surface area contributed by atoms with Crippen molar-refractivity contribution in [3.63, 3.8) is 0 Å². The minimum absolute atomic E-state index is 0.117. The molecular weight excluding hydrogens is 418 g/mol. The van der Waals surface area contributed by atoms with Crippen LogP contribution in [-0.2, 0) is 17.8 Å². The molecule has 8 heteroatoms. The minimum Gasteiger partial charge on any atom is -0.497 e. The van der Waals surface area contributed by atoms with Gasteiger partial charge >= 0.3 is 0 Å². The Hall–Kier alpha value is -4.46. The number of para-hydroxylation sites is 1. The molecule has 0 bridgehead atoms. The number of nitrogens with one attached hydrogen (secondary N) is 2. The predicted octanol–water partition coefficient (Wildman–Crippen LogP) is 3.53. The van der Waals surface area contributed by atoms with Crippen molar-refractivity contribution in [2.24, 2.45) is 5.73 Å². The first-order chi connectivity index (χ1) is 16.0. The molecule has 0 unspecified atom stereocenters. The lowest BCUT2D eigenvalue weighted by atomic mass is 10.1. The van der Waals surface area contributed by atoms with Gasteiger partial charge in [0.05, 0.1) is 24.6 Å². The second-order valence-electron chi connectivity index (χ2n) is 7.42. The number of benzene rings is 3. The summed E-state index contributed by atoms with van der Waals surface area (Å²) in [5.41, 5.74) is 8.87. The second-order valence-corrected chi connectivity index (χ2v) is 7.42. The molecule has 0 fully saturated rings. The summed E-state index contributed by atoms with van der Waals surface area (Å²) in [6.45, 7) is 0.484. The summed E-state index contributed by atoms with van der Waals surface area (Å²) in [7, 11) is 1.58. The molecule has 4 aromatic rings. The second kappa shape index (κ2) is 9.78. The van der Waals surface area contributed by atoms with E-state index < -0.39 is 5.91 Å². The number of nitrogens with two attached hydrogens (primary N) is 1. The Bertz CT molecular complexity index is 1320. The van der Waals surface area contributed by atoms with Crippen LogP contribution in [0.2, 0.25) is 0 Å². The zero-order valence-corrected chi connectivity index (χ0v) is 18.0. The Kier molecular flexibility index (Phi) is 6.45. The van der Waals surface area contributed by atoms with Gasteiger partial charge in [-0.15, -0.1) is 0 Å². The molecule has 0 saturated carbocycles. The van der Waals surface area contributed by atoms with Crippen LogP contribution in [0.25, 0.3) is 10.9 Å². The lowest BCUT2D eigenvalue weighted by Crippen LogP contribution is -2.14. The summed E-state index contributed by atoms with van der Waals surface area (Å²) < 4.78 is 5.19. The van der Waals surface area contributed by atoms with Gasteiger partial charge in [-0.05, 0) is 35.4 Å². The van der Waals surface area contributed by atoms with Crippen LogP contribution in [0.3, 0.4) is 0 Å². The highest BCUT2D eigenvalue weighted by molar-refractivity contribution is 6.06. The molecule has 0 aliphatic rings. The maximum absolute atomic E-state index is 12.5. The third kappa shape index (κ3) is 5.24. The van der Waals surface area contributed by atoms with E-state index in [1.807, 2.05) is 48.5 Å². The van der Waals surface area contributed by atoms with Gasteiger partial charge in [0.2, 0.25) is 5.91 Å². The summed E-state index contributed by atoms with van der Waals surface area (Å²) in [5.74, 6) is 0.629. The third-order valence-electron chi connectivity index (χ3n) is 5.10. The summed E-state index contributed by atoms with van der Waals surface area (Å²) in [6, 6.07) is 20.2. The lowest BCUT2D eigenvalue weighted by molar-refractivity contribution is -0.115. The third-order valence-corrected chi connectivity index (χ3v) is 5.10. The summed E-state index contributed by atoms with van der Waals surface area (Å²) >= 11 is 0. The number of primary amides is 1. The highest BCUT2D eigenvalue weighted by Crippen LogP contribution is 2.23. The molecule has 0 aliphatic heterocycles. The molecule has 1 aromatic heterocycles. The fraction of sp³-hybridized carbons (Fsp3) is 0.120. The van der Waals surface area contributed by atoms with Crippen LogP contribution >= 0.6 is 0 Å². The molecule has 0 radical (unpaired) electrons. The normalized spacial score (nSPS) is 10.6. The number of nitrogens with zero attached hydrogens (tertiary/aromatic N) is 2. The molecule has 3 aromatic carbocycles. The van der Waals surface area contributed by atoms with Gasteiger partial charge in [-0.2, -0.15) is 0 Å². The number of fused-ring (bicyclic) bond motifs is 1. The number of hydrogen-bond donors (Lipinski definition) is 3. The molecule has 4 N–H and O–H groups in total. The number of hydrogen-bond acceptors (Lipinski definition) is 6. The standard InChI is InChI=1S/C25H23N5O3/c1-33-19-8-3-7-18(13-19)30-22(31)12-16-5-2-6-17(11-16)14-27-25-21-10-4-9-20(24(26)32)23(21)28-15-29-25/h2-11,13,15H,12,14H2,1H3,(H2,26,32)(H,30,31)(H,27,28,29). The van der Waals surface area contributed by atoms with E-state index in [9.17, 15) is 9.59 Å². The van der Waals surface area contributed by atoms with Crippen molar-refractivity contribution < 1.29 is 14.3 Å². The van der Waals surface area contributed by atoms with Crippen molar-refractivity contribution in [3.05, 3.63) is 89.7 Å². The molecule has 2 amide bonds. The van der Waals surface area contributed by atoms with E-state index >= 15 is 0 Å². The van der Waals surface area contributed by atoms with Crippen LogP contribution in [0.15, 0.2) is 73.1 Å². The maximum Gasteiger partial charge on any atom is 0.250 e. The Morgan fingerprint density at radius 2 is 1.76 bits per heavy atom. The van der Waals surface area contributed by atoms with Crippen LogP contribution in [0, 0.1) is 0 Å². The van der Waals surface area contributed by atoms with E-state index in [1.165, 1.54) is 6.33 Å². The van der Waals surface area contributed by atoms with Crippen molar-refractivity contribution in [2.45, 2.75) is 13.0 Å². The number of rotatable bonds is 8. The fourth-order valence-electron chi connectivity index (χ4n) is 3.55. The summed E-state index contributed by atoms with van der Waals surface area (Å²) in [6.07, 6.45) is 1.64. The first kappa shape index (κ1) is 21.8. The molecule has 8 nitrogen and oxygen atoms in total. The van der Waals surface area contributed by atoms with Gasteiger partial charge in [-0.1, -0.05) is 36.4 Å². The van der Waals surface area contributed by atoms with Crippen LogP contribution in [0.4, 0.5) is 11.5 Å². The number of anilines is 2. The van der Waals surface area contributed by atoms with E-state index in [0.717, 1.165) is 11.1 Å². The average molecular weight is 441 g/mol. The number of amides is 2. The lowest BCUT2D eigenvalue weighted by Gasteiger charge is -2.11. The first-order valence-corrected chi connectivity index (χ1v) is 10.3. The van der Waals surface area contributed by atoms with E-state index in [0.29, 0.717) is 40.3 Å². The Morgan fingerprint density at radius 3 is 2.58 bits per heavy atom. The smallest absolute Gasteiger partial charge is 0.250 e. The highest BCUT2D eigenvalue weighted by atomic mass is 16.5. The van der Waals surface area contributed by atoms with E-state index in [4.69, 9.17) is 10.5 Å². The van der Waals surface area contributed by atoms with Crippen LogP contribution in [-0.4, -0.2) is 28.9 Å². The van der Waals surface area contributed by atoms with E-state index in [-0.39, 0.29) is 12.3 Å². The molecule has 0 aliphatic carbocycles. The molecule has 33 heavy (non-hydrogen) atoms. The Labute approximate surface area is 190 Å². The van der Waals surface area contributed by atoms with Gasteiger partial charge in [0, 0.05) is 23.7 Å². The van der Waals surface area contributed by atoms with Gasteiger partial charge in [-0.25, -0.2) is 9.97 Å². The van der Waals surface area contributed by atoms with E-state index in [1.54, 1.807) is 25.3 Å². The molecule has 4 rings (SSSR count). The quantitative estimate of drug-likeness (QED) is 0.385. The van der Waals surface area contributed by atoms with Crippen LogP contribution in [0.5, 0.6) is 5.75 Å². The van der Waals surface area contributed by atoms with Crippen molar-refractivity contribution in [3.8, 4) is 5.75 Å². The van der Waals surface area contributed by atoms with Crippen molar-refractivity contribution >= 4 is 34.2 Å². The zero-order valence-electron chi connectivity index (χ0n) is 18.0. The summed E-state index contributed by atoms with van der Waals surface area (Å²) in [5, 5.41) is 6.88. The summed E-state index contributed by atoms with van der Waals surface area (Å²) in [4.78, 5) is 32.7. The first-order valence-electron chi connectivity index (χ1n) is 10.3. The number of ether oxygens (including phenoxy) is 1. The number of carbonyl (C=O) groups is 2. The predicted molar refractivity (Wildman–Crippen MR) is 127 cm³/mol. The number of aromatic nitrogens is 2. The average Bonchev–Trinajstić information content (AvgIpc) is 2.82. The molecular formula is C25H23N5O3. The van der Waals surface area contributed by atoms with E-state index in [2.05, 4.69) is 20.6 Å². The van der Waals surface area contributed by atoms with Crippen LogP contribution in [0.1, 0.15) is 21.5 Å². The molecule has 0 spiro atoms. The van der Waals surface area contributed by atoms with Crippen molar-refractivity contribution in [2.75, 3.05) is 17.7 Å². The van der Waals surface area contributed by atoms with Gasteiger partial charge < -0.3 is 21.1 Å². The fourth-order valence-corrected chi connectivity index (χ4v) is 3.55. The van der Waals surface area contributed by atoms with Crippen molar-refractivity contribution in [1.82, 2.24) is 9.97 Å². The Balaban J connectivity index is 1.44. The highest BCUT2D eigenvalue weighted by Gasteiger charge is 2.11. The number of methoxy groups -OCH3 is 1. The molecule has 0 atom stereocenters. The topological polar surface area (TPSA) is 119 Å². The van der Waals surface area contributed by atoms with Gasteiger partial charge in [0.15, 0.2) is 0 Å². The molecule has 1 heterocycles. The van der Waals surface area contributed by atoms with Gasteiger partial charge in [0.1, 0.15) is 17.9 Å². The molecule has 166 valence electrons.